The Morgan fingerprint density at radius 1 is 1.50 bits per heavy atom. The monoisotopic (exact) mass is 195 g/mol. The van der Waals surface area contributed by atoms with Crippen LogP contribution in [0.15, 0.2) is 12.4 Å². The van der Waals surface area contributed by atoms with Gasteiger partial charge in [0, 0.05) is 31.9 Å². The minimum absolute atomic E-state index is 0.552. The first-order valence-electron chi connectivity index (χ1n) is 5.34. The first-order valence-corrected chi connectivity index (χ1v) is 5.34. The Morgan fingerprint density at radius 3 is 2.71 bits per heavy atom. The van der Waals surface area contributed by atoms with Gasteiger partial charge in [0.25, 0.3) is 0 Å². The van der Waals surface area contributed by atoms with Crippen LogP contribution in [-0.2, 0) is 13.5 Å². The minimum Gasteiger partial charge on any atom is -0.338 e. The quantitative estimate of drug-likeness (QED) is 0.773. The zero-order valence-electron chi connectivity index (χ0n) is 9.62. The smallest absolute Gasteiger partial charge is 0.108 e. The van der Waals surface area contributed by atoms with E-state index in [9.17, 15) is 0 Å². The van der Waals surface area contributed by atoms with Crippen molar-refractivity contribution in [1.82, 2.24) is 14.9 Å². The molecule has 2 unspecified atom stereocenters. The van der Waals surface area contributed by atoms with E-state index in [1.54, 1.807) is 0 Å². The second-order valence-corrected chi connectivity index (χ2v) is 3.98. The lowest BCUT2D eigenvalue weighted by molar-refractivity contribution is 0.397. The van der Waals surface area contributed by atoms with Crippen LogP contribution in [0.25, 0.3) is 0 Å². The molecule has 1 heterocycles. The summed E-state index contributed by atoms with van der Waals surface area (Å²) in [4.78, 5) is 4.33. The van der Waals surface area contributed by atoms with Crippen LogP contribution in [-0.4, -0.2) is 22.1 Å². The maximum Gasteiger partial charge on any atom is 0.108 e. The summed E-state index contributed by atoms with van der Waals surface area (Å²) in [5.74, 6) is 1.79. The van der Waals surface area contributed by atoms with Gasteiger partial charge in [-0.2, -0.15) is 0 Å². The Labute approximate surface area is 86.5 Å². The highest BCUT2D eigenvalue weighted by molar-refractivity contribution is 4.93. The maximum absolute atomic E-state index is 4.33. The van der Waals surface area contributed by atoms with Crippen LogP contribution in [0.4, 0.5) is 0 Å². The van der Waals surface area contributed by atoms with Crippen LogP contribution in [0.5, 0.6) is 0 Å². The van der Waals surface area contributed by atoms with E-state index >= 15 is 0 Å². The number of rotatable bonds is 5. The molecule has 2 atom stereocenters. The third kappa shape index (κ3) is 2.84. The molecule has 0 radical (unpaired) electrons. The van der Waals surface area contributed by atoms with Crippen LogP contribution in [0.3, 0.4) is 0 Å². The van der Waals surface area contributed by atoms with Gasteiger partial charge in [-0.3, -0.25) is 0 Å². The first-order chi connectivity index (χ1) is 6.65. The number of imidazole rings is 1. The topological polar surface area (TPSA) is 29.9 Å². The predicted octanol–water partition coefficient (Wildman–Crippen LogP) is 1.60. The molecule has 14 heavy (non-hydrogen) atoms. The second kappa shape index (κ2) is 5.15. The van der Waals surface area contributed by atoms with Gasteiger partial charge >= 0.3 is 0 Å². The molecule has 1 N–H and O–H groups in total. The van der Waals surface area contributed by atoms with Crippen LogP contribution in [0.2, 0.25) is 0 Å². The van der Waals surface area contributed by atoms with E-state index in [1.807, 2.05) is 19.4 Å². The minimum atomic E-state index is 0.552. The van der Waals surface area contributed by atoms with Gasteiger partial charge in [0.15, 0.2) is 0 Å². The van der Waals surface area contributed by atoms with Gasteiger partial charge in [0.2, 0.25) is 0 Å². The summed E-state index contributed by atoms with van der Waals surface area (Å²) in [7, 11) is 2.05. The number of hydrogen-bond donors (Lipinski definition) is 1. The van der Waals surface area contributed by atoms with Gasteiger partial charge in [-0.1, -0.05) is 13.8 Å². The summed E-state index contributed by atoms with van der Waals surface area (Å²) >= 11 is 0. The molecule has 3 heteroatoms. The average molecular weight is 195 g/mol. The molecule has 1 rings (SSSR count). The normalized spacial score (nSPS) is 15.4. The van der Waals surface area contributed by atoms with Crippen molar-refractivity contribution in [2.75, 3.05) is 6.54 Å². The van der Waals surface area contributed by atoms with Gasteiger partial charge in [0.05, 0.1) is 0 Å². The summed E-state index contributed by atoms with van der Waals surface area (Å²) in [6.07, 6.45) is 4.90. The van der Waals surface area contributed by atoms with Crippen molar-refractivity contribution < 1.29 is 0 Å². The summed E-state index contributed by atoms with van der Waals surface area (Å²) in [5.41, 5.74) is 0. The SMILES string of the molecule is CCNC(C)C(C)Cc1nccn1C. The fraction of sp³-hybridized carbons (Fsp3) is 0.727. The van der Waals surface area contributed by atoms with E-state index in [1.165, 1.54) is 5.82 Å². The zero-order valence-corrected chi connectivity index (χ0v) is 9.62. The fourth-order valence-electron chi connectivity index (χ4n) is 1.58. The molecule has 0 spiro atoms. The maximum atomic E-state index is 4.33. The molecule has 0 saturated heterocycles. The lowest BCUT2D eigenvalue weighted by Crippen LogP contribution is -2.33. The number of hydrogen-bond acceptors (Lipinski definition) is 2. The summed E-state index contributed by atoms with van der Waals surface area (Å²) in [6, 6.07) is 0.552. The lowest BCUT2D eigenvalue weighted by atomic mass is 9.99. The van der Waals surface area contributed by atoms with E-state index in [-0.39, 0.29) is 0 Å². The van der Waals surface area contributed by atoms with E-state index < -0.39 is 0 Å². The highest BCUT2D eigenvalue weighted by Gasteiger charge is 2.13. The number of aryl methyl sites for hydroxylation is 1. The standard InChI is InChI=1S/C11H21N3/c1-5-12-10(3)9(2)8-11-13-6-7-14(11)4/h6-7,9-10,12H,5,8H2,1-4H3. The second-order valence-electron chi connectivity index (χ2n) is 3.98. The van der Waals surface area contributed by atoms with Crippen molar-refractivity contribution in [1.29, 1.82) is 0 Å². The zero-order chi connectivity index (χ0) is 10.6. The van der Waals surface area contributed by atoms with Crippen LogP contribution in [0, 0.1) is 5.92 Å². The first kappa shape index (κ1) is 11.2. The molecule has 0 aliphatic rings. The molecule has 0 bridgehead atoms. The van der Waals surface area contributed by atoms with Crippen molar-refractivity contribution in [3.05, 3.63) is 18.2 Å². The summed E-state index contributed by atoms with van der Waals surface area (Å²) in [5, 5.41) is 3.44. The van der Waals surface area contributed by atoms with E-state index in [0.717, 1.165) is 13.0 Å². The molecular formula is C11H21N3. The van der Waals surface area contributed by atoms with Crippen LogP contribution in [0.1, 0.15) is 26.6 Å². The molecule has 1 aromatic heterocycles. The van der Waals surface area contributed by atoms with Gasteiger partial charge in [-0.25, -0.2) is 4.98 Å². The van der Waals surface area contributed by atoms with Crippen molar-refractivity contribution in [2.45, 2.75) is 33.2 Å². The predicted molar refractivity (Wildman–Crippen MR) is 59.2 cm³/mol. The van der Waals surface area contributed by atoms with Crippen molar-refractivity contribution in [3.63, 3.8) is 0 Å². The molecule has 3 nitrogen and oxygen atoms in total. The molecular weight excluding hydrogens is 174 g/mol. The number of aromatic nitrogens is 2. The Balaban J connectivity index is 2.48. The van der Waals surface area contributed by atoms with Gasteiger partial charge < -0.3 is 9.88 Å². The van der Waals surface area contributed by atoms with Crippen LogP contribution < -0.4 is 5.32 Å². The Bertz CT molecular complexity index is 267. The van der Waals surface area contributed by atoms with E-state index in [2.05, 4.69) is 35.6 Å². The molecule has 0 aliphatic carbocycles. The Kier molecular flexibility index (Phi) is 4.14. The number of nitrogens with zero attached hydrogens (tertiary/aromatic N) is 2. The molecule has 0 amide bonds. The van der Waals surface area contributed by atoms with Crippen molar-refractivity contribution >= 4 is 0 Å². The van der Waals surface area contributed by atoms with E-state index in [0.29, 0.717) is 12.0 Å². The number of nitrogens with one attached hydrogen (secondary N) is 1. The lowest BCUT2D eigenvalue weighted by Gasteiger charge is -2.20. The molecule has 80 valence electrons. The molecule has 0 aromatic carbocycles. The molecule has 0 fully saturated rings. The van der Waals surface area contributed by atoms with Crippen molar-refractivity contribution in [3.8, 4) is 0 Å². The van der Waals surface area contributed by atoms with Gasteiger partial charge in [-0.15, -0.1) is 0 Å². The average Bonchev–Trinajstić information content (AvgIpc) is 2.52. The summed E-state index contributed by atoms with van der Waals surface area (Å²) in [6.45, 7) is 7.68. The Morgan fingerprint density at radius 2 is 2.21 bits per heavy atom. The van der Waals surface area contributed by atoms with E-state index in [4.69, 9.17) is 0 Å². The highest BCUT2D eigenvalue weighted by Crippen LogP contribution is 2.09. The largest absolute Gasteiger partial charge is 0.338 e. The molecule has 1 aromatic rings. The Hall–Kier alpha value is -0.830. The third-order valence-electron chi connectivity index (χ3n) is 2.81. The fourth-order valence-corrected chi connectivity index (χ4v) is 1.58. The highest BCUT2D eigenvalue weighted by atomic mass is 15.0. The summed E-state index contributed by atoms with van der Waals surface area (Å²) < 4.78 is 2.09. The molecule has 0 saturated carbocycles. The molecule has 0 aliphatic heterocycles. The van der Waals surface area contributed by atoms with Gasteiger partial charge in [0.1, 0.15) is 5.82 Å². The van der Waals surface area contributed by atoms with Gasteiger partial charge in [-0.05, 0) is 19.4 Å². The van der Waals surface area contributed by atoms with Crippen molar-refractivity contribution in [2.24, 2.45) is 13.0 Å². The third-order valence-corrected chi connectivity index (χ3v) is 2.81. The van der Waals surface area contributed by atoms with Crippen LogP contribution >= 0.6 is 0 Å².